The van der Waals surface area contributed by atoms with Crippen molar-refractivity contribution in [3.63, 3.8) is 0 Å². The van der Waals surface area contributed by atoms with Crippen LogP contribution >= 0.6 is 0 Å². The van der Waals surface area contributed by atoms with E-state index in [1.807, 2.05) is 0 Å². The molecule has 94 valence electrons. The summed E-state index contributed by atoms with van der Waals surface area (Å²) >= 11 is 0. The summed E-state index contributed by atoms with van der Waals surface area (Å²) in [4.78, 5) is 10.9. The molecule has 1 aromatic rings. The molecular formula is C11H12F3NO2. The fourth-order valence-electron chi connectivity index (χ4n) is 1.38. The number of carboxylic acids is 1. The summed E-state index contributed by atoms with van der Waals surface area (Å²) in [5.41, 5.74) is -0.412. The van der Waals surface area contributed by atoms with Crippen LogP contribution in [0.5, 0.6) is 0 Å². The number of benzene rings is 1. The Morgan fingerprint density at radius 2 is 1.88 bits per heavy atom. The lowest BCUT2D eigenvalue weighted by Crippen LogP contribution is -2.30. The lowest BCUT2D eigenvalue weighted by Gasteiger charge is -2.15. The van der Waals surface area contributed by atoms with Crippen molar-refractivity contribution in [3.05, 3.63) is 35.1 Å². The monoisotopic (exact) mass is 247 g/mol. The zero-order valence-electron chi connectivity index (χ0n) is 9.14. The third-order valence-corrected chi connectivity index (χ3v) is 2.20. The Labute approximate surface area is 96.3 Å². The Bertz CT molecular complexity index is 423. The molecule has 0 saturated heterocycles. The largest absolute Gasteiger partial charge is 0.480 e. The standard InChI is InChI=1S/C11H12F3NO2/c1-2-3-15-10(11(16)17)6-4-8(13)9(14)5-7(6)12/h4-5,10,15H,2-3H2,1H3,(H,16,17). The summed E-state index contributed by atoms with van der Waals surface area (Å²) < 4.78 is 39.0. The van der Waals surface area contributed by atoms with Gasteiger partial charge >= 0.3 is 5.97 Å². The van der Waals surface area contributed by atoms with Gasteiger partial charge in [0.05, 0.1) is 0 Å². The van der Waals surface area contributed by atoms with Crippen molar-refractivity contribution in [2.45, 2.75) is 19.4 Å². The van der Waals surface area contributed by atoms with E-state index in [0.717, 1.165) is 0 Å². The second kappa shape index (κ2) is 5.67. The smallest absolute Gasteiger partial charge is 0.325 e. The van der Waals surface area contributed by atoms with Gasteiger partial charge in [0.1, 0.15) is 11.9 Å². The molecule has 0 aliphatic heterocycles. The molecule has 0 spiro atoms. The van der Waals surface area contributed by atoms with E-state index in [0.29, 0.717) is 25.1 Å². The average Bonchev–Trinajstić information content (AvgIpc) is 2.25. The molecule has 6 heteroatoms. The van der Waals surface area contributed by atoms with Crippen molar-refractivity contribution in [1.82, 2.24) is 5.32 Å². The van der Waals surface area contributed by atoms with Crippen LogP contribution < -0.4 is 5.32 Å². The van der Waals surface area contributed by atoms with E-state index in [2.05, 4.69) is 5.32 Å². The van der Waals surface area contributed by atoms with Crippen LogP contribution in [0.1, 0.15) is 24.9 Å². The predicted molar refractivity (Wildman–Crippen MR) is 55.0 cm³/mol. The van der Waals surface area contributed by atoms with Gasteiger partial charge in [-0.05, 0) is 19.0 Å². The van der Waals surface area contributed by atoms with Gasteiger partial charge in [0.2, 0.25) is 0 Å². The van der Waals surface area contributed by atoms with Crippen molar-refractivity contribution in [2.24, 2.45) is 0 Å². The molecule has 0 bridgehead atoms. The van der Waals surface area contributed by atoms with Gasteiger partial charge in [0.25, 0.3) is 0 Å². The lowest BCUT2D eigenvalue weighted by atomic mass is 10.1. The summed E-state index contributed by atoms with van der Waals surface area (Å²) in [5.74, 6) is -5.04. The number of hydrogen-bond acceptors (Lipinski definition) is 2. The minimum atomic E-state index is -1.38. The highest BCUT2D eigenvalue weighted by atomic mass is 19.2. The van der Waals surface area contributed by atoms with Crippen molar-refractivity contribution < 1.29 is 23.1 Å². The summed E-state index contributed by atoms with van der Waals surface area (Å²) in [6.07, 6.45) is 0.634. The van der Waals surface area contributed by atoms with Crippen molar-refractivity contribution >= 4 is 5.97 Å². The Hall–Kier alpha value is -1.56. The Morgan fingerprint density at radius 3 is 2.41 bits per heavy atom. The molecule has 2 N–H and O–H groups in total. The first-order chi connectivity index (χ1) is 7.97. The van der Waals surface area contributed by atoms with Gasteiger partial charge in [-0.2, -0.15) is 0 Å². The van der Waals surface area contributed by atoms with E-state index in [1.54, 1.807) is 6.92 Å². The maximum Gasteiger partial charge on any atom is 0.325 e. The minimum Gasteiger partial charge on any atom is -0.480 e. The van der Waals surface area contributed by atoms with Gasteiger partial charge in [-0.25, -0.2) is 13.2 Å². The summed E-state index contributed by atoms with van der Waals surface area (Å²) in [6.45, 7) is 2.13. The molecule has 17 heavy (non-hydrogen) atoms. The topological polar surface area (TPSA) is 49.3 Å². The minimum absolute atomic E-state index is 0.329. The molecule has 1 unspecified atom stereocenters. The quantitative estimate of drug-likeness (QED) is 0.784. The highest BCUT2D eigenvalue weighted by Crippen LogP contribution is 2.20. The van der Waals surface area contributed by atoms with E-state index < -0.39 is 35.0 Å². The van der Waals surface area contributed by atoms with E-state index in [-0.39, 0.29) is 0 Å². The predicted octanol–water partition coefficient (Wildman–Crippen LogP) is 2.23. The Balaban J connectivity index is 3.09. The molecule has 0 fully saturated rings. The maximum atomic E-state index is 13.4. The van der Waals surface area contributed by atoms with Crippen LogP contribution in [0, 0.1) is 17.5 Å². The zero-order chi connectivity index (χ0) is 13.0. The van der Waals surface area contributed by atoms with Gasteiger partial charge in [-0.1, -0.05) is 6.92 Å². The molecule has 0 saturated carbocycles. The summed E-state index contributed by atoms with van der Waals surface area (Å²) in [6, 6.07) is -0.481. The van der Waals surface area contributed by atoms with Crippen LogP contribution in [0.4, 0.5) is 13.2 Å². The number of hydrogen-bond donors (Lipinski definition) is 2. The van der Waals surface area contributed by atoms with Gasteiger partial charge < -0.3 is 10.4 Å². The number of rotatable bonds is 5. The normalized spacial score (nSPS) is 12.5. The molecule has 1 aromatic carbocycles. The van der Waals surface area contributed by atoms with E-state index in [1.165, 1.54) is 0 Å². The third kappa shape index (κ3) is 3.20. The van der Waals surface area contributed by atoms with Crippen molar-refractivity contribution in [3.8, 4) is 0 Å². The number of carbonyl (C=O) groups is 1. The number of carboxylic acid groups (broad SMARTS) is 1. The molecule has 0 aliphatic carbocycles. The maximum absolute atomic E-state index is 13.4. The average molecular weight is 247 g/mol. The zero-order valence-corrected chi connectivity index (χ0v) is 9.14. The van der Waals surface area contributed by atoms with Gasteiger partial charge in [0.15, 0.2) is 11.6 Å². The van der Waals surface area contributed by atoms with E-state index >= 15 is 0 Å². The molecule has 1 rings (SSSR count). The number of halogens is 3. The van der Waals surface area contributed by atoms with Crippen molar-refractivity contribution in [2.75, 3.05) is 6.54 Å². The SMILES string of the molecule is CCCNC(C(=O)O)c1cc(F)c(F)cc1F. The van der Waals surface area contributed by atoms with Gasteiger partial charge in [0, 0.05) is 11.6 Å². The number of nitrogens with one attached hydrogen (secondary N) is 1. The highest BCUT2D eigenvalue weighted by Gasteiger charge is 2.24. The fraction of sp³-hybridized carbons (Fsp3) is 0.364. The Kier molecular flexibility index (Phi) is 4.51. The molecule has 3 nitrogen and oxygen atoms in total. The number of aliphatic carboxylic acids is 1. The molecule has 0 radical (unpaired) electrons. The molecule has 0 aromatic heterocycles. The van der Waals surface area contributed by atoms with Crippen LogP contribution in [-0.4, -0.2) is 17.6 Å². The van der Waals surface area contributed by atoms with Crippen LogP contribution in [0.25, 0.3) is 0 Å². The first-order valence-corrected chi connectivity index (χ1v) is 5.08. The second-order valence-corrected chi connectivity index (χ2v) is 3.51. The van der Waals surface area contributed by atoms with Gasteiger partial charge in [-0.3, -0.25) is 4.79 Å². The van der Waals surface area contributed by atoms with Crippen LogP contribution in [-0.2, 0) is 4.79 Å². The molecule has 1 atom stereocenters. The second-order valence-electron chi connectivity index (χ2n) is 3.51. The fourth-order valence-corrected chi connectivity index (χ4v) is 1.38. The first-order valence-electron chi connectivity index (χ1n) is 5.08. The first kappa shape index (κ1) is 13.5. The van der Waals surface area contributed by atoms with E-state index in [9.17, 15) is 18.0 Å². The molecule has 0 heterocycles. The van der Waals surface area contributed by atoms with Crippen molar-refractivity contribution in [1.29, 1.82) is 0 Å². The van der Waals surface area contributed by atoms with Gasteiger partial charge in [-0.15, -0.1) is 0 Å². The molecular weight excluding hydrogens is 235 g/mol. The highest BCUT2D eigenvalue weighted by molar-refractivity contribution is 5.75. The summed E-state index contributed by atoms with van der Waals surface area (Å²) in [5, 5.41) is 11.4. The van der Waals surface area contributed by atoms with E-state index in [4.69, 9.17) is 5.11 Å². The Morgan fingerprint density at radius 1 is 1.29 bits per heavy atom. The molecule has 0 amide bonds. The van der Waals surface area contributed by atoms with Crippen LogP contribution in [0.15, 0.2) is 12.1 Å². The summed E-state index contributed by atoms with van der Waals surface area (Å²) in [7, 11) is 0. The molecule has 0 aliphatic rings. The lowest BCUT2D eigenvalue weighted by molar-refractivity contribution is -0.139. The third-order valence-electron chi connectivity index (χ3n) is 2.20. The van der Waals surface area contributed by atoms with Crippen LogP contribution in [0.3, 0.4) is 0 Å². The van der Waals surface area contributed by atoms with Crippen LogP contribution in [0.2, 0.25) is 0 Å².